The SMILES string of the molecule is Cn1c(=O)[nH]c(=O)c2cc(CN3CCNC3=O)sc21. The second-order valence-electron chi connectivity index (χ2n) is 4.40. The molecule has 19 heavy (non-hydrogen) atoms. The summed E-state index contributed by atoms with van der Waals surface area (Å²) < 4.78 is 1.41. The fourth-order valence-electron chi connectivity index (χ4n) is 2.11. The number of hydrogen-bond acceptors (Lipinski definition) is 4. The van der Waals surface area contributed by atoms with Gasteiger partial charge in [0.2, 0.25) is 0 Å². The van der Waals surface area contributed by atoms with Crippen molar-refractivity contribution in [2.75, 3.05) is 13.1 Å². The predicted molar refractivity (Wildman–Crippen MR) is 71.5 cm³/mol. The molecule has 3 heterocycles. The summed E-state index contributed by atoms with van der Waals surface area (Å²) in [5.41, 5.74) is -0.809. The third-order valence-corrected chi connectivity index (χ3v) is 4.33. The molecule has 0 spiro atoms. The average Bonchev–Trinajstić information content (AvgIpc) is 2.95. The Balaban J connectivity index is 2.05. The smallest absolute Gasteiger partial charge is 0.329 e. The number of carbonyl (C=O) groups is 1. The topological polar surface area (TPSA) is 87.2 Å². The van der Waals surface area contributed by atoms with Gasteiger partial charge >= 0.3 is 11.7 Å². The standard InChI is InChI=1S/C11H12N4O3S/c1-14-9-7(8(16)13-11(14)18)4-6(19-9)5-15-3-2-12-10(15)17/h4H,2-3,5H2,1H3,(H,12,17)(H,13,16,18). The summed E-state index contributed by atoms with van der Waals surface area (Å²) in [5, 5.41) is 3.21. The first-order chi connectivity index (χ1) is 9.06. The molecule has 2 aromatic rings. The normalized spacial score (nSPS) is 15.2. The van der Waals surface area contributed by atoms with E-state index in [2.05, 4.69) is 10.3 Å². The molecular weight excluding hydrogens is 268 g/mol. The minimum atomic E-state index is -0.426. The summed E-state index contributed by atoms with van der Waals surface area (Å²) in [6, 6.07) is 1.64. The van der Waals surface area contributed by atoms with Crippen LogP contribution >= 0.6 is 11.3 Å². The highest BCUT2D eigenvalue weighted by molar-refractivity contribution is 7.18. The maximum atomic E-state index is 11.7. The molecule has 1 fully saturated rings. The van der Waals surface area contributed by atoms with Gasteiger partial charge in [-0.05, 0) is 6.07 Å². The second kappa shape index (κ2) is 4.23. The predicted octanol–water partition coefficient (Wildman–Crippen LogP) is -0.187. The number of aromatic nitrogens is 2. The van der Waals surface area contributed by atoms with Crippen LogP contribution in [0.3, 0.4) is 0 Å². The van der Waals surface area contributed by atoms with E-state index >= 15 is 0 Å². The number of thiophene rings is 1. The van der Waals surface area contributed by atoms with E-state index in [1.54, 1.807) is 18.0 Å². The number of aryl methyl sites for hydroxylation is 1. The number of urea groups is 1. The van der Waals surface area contributed by atoms with Crippen molar-refractivity contribution in [3.63, 3.8) is 0 Å². The monoisotopic (exact) mass is 280 g/mol. The van der Waals surface area contributed by atoms with E-state index in [4.69, 9.17) is 0 Å². The Morgan fingerprint density at radius 3 is 2.84 bits per heavy atom. The molecule has 2 aromatic heterocycles. The minimum Gasteiger partial charge on any atom is -0.336 e. The number of carbonyl (C=O) groups excluding carboxylic acids is 1. The number of fused-ring (bicyclic) bond motifs is 1. The number of nitrogens with zero attached hydrogens (tertiary/aromatic N) is 2. The van der Waals surface area contributed by atoms with Crippen molar-refractivity contribution in [3.8, 4) is 0 Å². The van der Waals surface area contributed by atoms with Gasteiger partial charge in [-0.25, -0.2) is 9.59 Å². The largest absolute Gasteiger partial charge is 0.336 e. The van der Waals surface area contributed by atoms with Crippen LogP contribution in [0.4, 0.5) is 4.79 Å². The zero-order chi connectivity index (χ0) is 13.6. The summed E-state index contributed by atoms with van der Waals surface area (Å²) in [6.07, 6.45) is 0. The summed E-state index contributed by atoms with van der Waals surface area (Å²) in [4.78, 5) is 40.1. The van der Waals surface area contributed by atoms with Crippen LogP contribution in [-0.2, 0) is 13.6 Å². The van der Waals surface area contributed by atoms with Crippen LogP contribution in [0, 0.1) is 0 Å². The van der Waals surface area contributed by atoms with Gasteiger partial charge in [-0.15, -0.1) is 11.3 Å². The first kappa shape index (κ1) is 12.0. The van der Waals surface area contributed by atoms with Crippen LogP contribution in [0.2, 0.25) is 0 Å². The fraction of sp³-hybridized carbons (Fsp3) is 0.364. The molecule has 3 rings (SSSR count). The molecule has 0 saturated carbocycles. The van der Waals surface area contributed by atoms with Gasteiger partial charge in [-0.3, -0.25) is 14.3 Å². The van der Waals surface area contributed by atoms with Crippen molar-refractivity contribution in [1.29, 1.82) is 0 Å². The van der Waals surface area contributed by atoms with E-state index in [9.17, 15) is 14.4 Å². The molecule has 100 valence electrons. The number of nitrogens with one attached hydrogen (secondary N) is 2. The molecule has 0 unspecified atom stereocenters. The molecule has 8 heteroatoms. The summed E-state index contributed by atoms with van der Waals surface area (Å²) in [5.74, 6) is 0. The summed E-state index contributed by atoms with van der Waals surface area (Å²) in [7, 11) is 1.61. The molecule has 2 amide bonds. The molecule has 7 nitrogen and oxygen atoms in total. The highest BCUT2D eigenvalue weighted by Gasteiger charge is 2.20. The van der Waals surface area contributed by atoms with Gasteiger partial charge in [0.25, 0.3) is 5.56 Å². The highest BCUT2D eigenvalue weighted by atomic mass is 32.1. The minimum absolute atomic E-state index is 0.0970. The van der Waals surface area contributed by atoms with Crippen molar-refractivity contribution in [1.82, 2.24) is 19.8 Å². The van der Waals surface area contributed by atoms with Crippen molar-refractivity contribution in [3.05, 3.63) is 31.8 Å². The summed E-state index contributed by atoms with van der Waals surface area (Å²) in [6.45, 7) is 1.75. The van der Waals surface area contributed by atoms with Crippen molar-refractivity contribution in [2.24, 2.45) is 7.05 Å². The van der Waals surface area contributed by atoms with E-state index in [1.165, 1.54) is 15.9 Å². The maximum Gasteiger partial charge on any atom is 0.329 e. The van der Waals surface area contributed by atoms with Gasteiger partial charge in [-0.2, -0.15) is 0 Å². The molecule has 0 aliphatic carbocycles. The van der Waals surface area contributed by atoms with Crippen LogP contribution in [0.15, 0.2) is 15.7 Å². The summed E-state index contributed by atoms with van der Waals surface area (Å²) >= 11 is 1.36. The molecule has 0 atom stereocenters. The Morgan fingerprint density at radius 2 is 2.16 bits per heavy atom. The molecule has 1 aliphatic heterocycles. The third-order valence-electron chi connectivity index (χ3n) is 3.13. The van der Waals surface area contributed by atoms with Crippen molar-refractivity contribution in [2.45, 2.75) is 6.54 Å². The number of rotatable bonds is 2. The van der Waals surface area contributed by atoms with Crippen molar-refractivity contribution >= 4 is 27.6 Å². The zero-order valence-electron chi connectivity index (χ0n) is 10.2. The average molecular weight is 280 g/mol. The van der Waals surface area contributed by atoms with Gasteiger partial charge in [0.1, 0.15) is 4.83 Å². The molecular formula is C11H12N4O3S. The Bertz CT molecular complexity index is 772. The number of H-pyrrole nitrogens is 1. The van der Waals surface area contributed by atoms with E-state index in [0.717, 1.165) is 4.88 Å². The van der Waals surface area contributed by atoms with Crippen LogP contribution in [0.5, 0.6) is 0 Å². The van der Waals surface area contributed by atoms with E-state index in [-0.39, 0.29) is 11.6 Å². The molecule has 1 saturated heterocycles. The van der Waals surface area contributed by atoms with Gasteiger partial charge in [0.15, 0.2) is 0 Å². The molecule has 0 aromatic carbocycles. The molecule has 1 aliphatic rings. The lowest BCUT2D eigenvalue weighted by Gasteiger charge is -2.11. The Hall–Kier alpha value is -2.09. The molecule has 2 N–H and O–H groups in total. The molecule has 0 radical (unpaired) electrons. The zero-order valence-corrected chi connectivity index (χ0v) is 11.0. The van der Waals surface area contributed by atoms with Gasteiger partial charge < -0.3 is 10.2 Å². The molecule has 0 bridgehead atoms. The Morgan fingerprint density at radius 1 is 1.37 bits per heavy atom. The quantitative estimate of drug-likeness (QED) is 0.799. The number of hydrogen-bond donors (Lipinski definition) is 2. The Labute approximate surface area is 111 Å². The van der Waals surface area contributed by atoms with E-state index in [0.29, 0.717) is 29.9 Å². The van der Waals surface area contributed by atoms with Crippen LogP contribution in [0.25, 0.3) is 10.2 Å². The number of aromatic amines is 1. The lowest BCUT2D eigenvalue weighted by molar-refractivity contribution is 0.216. The highest BCUT2D eigenvalue weighted by Crippen LogP contribution is 2.23. The first-order valence-corrected chi connectivity index (χ1v) is 6.62. The maximum absolute atomic E-state index is 11.7. The van der Waals surface area contributed by atoms with Gasteiger partial charge in [0.05, 0.1) is 11.9 Å². The van der Waals surface area contributed by atoms with Crippen LogP contribution in [0.1, 0.15) is 4.88 Å². The van der Waals surface area contributed by atoms with Crippen molar-refractivity contribution < 1.29 is 4.79 Å². The fourth-order valence-corrected chi connectivity index (χ4v) is 3.24. The van der Waals surface area contributed by atoms with E-state index < -0.39 is 5.69 Å². The van der Waals surface area contributed by atoms with Crippen LogP contribution < -0.4 is 16.6 Å². The first-order valence-electron chi connectivity index (χ1n) is 5.81. The van der Waals surface area contributed by atoms with E-state index in [1.807, 2.05) is 0 Å². The third kappa shape index (κ3) is 1.93. The van der Waals surface area contributed by atoms with Gasteiger partial charge in [-0.1, -0.05) is 0 Å². The lowest BCUT2D eigenvalue weighted by atomic mass is 10.3. The van der Waals surface area contributed by atoms with Crippen LogP contribution in [-0.4, -0.2) is 33.6 Å². The van der Waals surface area contributed by atoms with Gasteiger partial charge in [0, 0.05) is 25.0 Å². The Kier molecular flexibility index (Phi) is 2.67. The number of amides is 2. The second-order valence-corrected chi connectivity index (χ2v) is 5.52. The lowest BCUT2D eigenvalue weighted by Crippen LogP contribution is -2.27.